The van der Waals surface area contributed by atoms with E-state index in [9.17, 15) is 9.18 Å². The van der Waals surface area contributed by atoms with Crippen molar-refractivity contribution in [2.24, 2.45) is 0 Å². The predicted octanol–water partition coefficient (Wildman–Crippen LogP) is 1.73. The molecule has 3 atom stereocenters. The highest BCUT2D eigenvalue weighted by molar-refractivity contribution is 5.74. The summed E-state index contributed by atoms with van der Waals surface area (Å²) >= 11 is 0. The molecule has 2 amide bonds. The van der Waals surface area contributed by atoms with Gasteiger partial charge in [-0.2, -0.15) is 0 Å². The van der Waals surface area contributed by atoms with Crippen molar-refractivity contribution in [3.8, 4) is 0 Å². The van der Waals surface area contributed by atoms with E-state index in [1.54, 1.807) is 19.1 Å². The van der Waals surface area contributed by atoms with Crippen LogP contribution in [0.4, 0.5) is 9.18 Å². The molecule has 1 aliphatic heterocycles. The zero-order valence-corrected chi connectivity index (χ0v) is 12.0. The van der Waals surface area contributed by atoms with Crippen LogP contribution < -0.4 is 10.6 Å². The van der Waals surface area contributed by atoms with Crippen LogP contribution in [0.2, 0.25) is 0 Å². The molecular formula is C15H21FN2O3. The number of aliphatic hydroxyl groups is 1. The number of ether oxygens (including phenoxy) is 1. The third-order valence-corrected chi connectivity index (χ3v) is 3.50. The molecule has 5 nitrogen and oxygen atoms in total. The van der Waals surface area contributed by atoms with E-state index in [1.807, 2.05) is 0 Å². The lowest BCUT2D eigenvalue weighted by atomic mass is 9.99. The number of aliphatic hydroxyl groups excluding tert-OH is 1. The summed E-state index contributed by atoms with van der Waals surface area (Å²) in [5.41, 5.74) is 0.801. The van der Waals surface area contributed by atoms with Crippen LogP contribution in [-0.2, 0) is 4.74 Å². The Hall–Kier alpha value is -1.66. The monoisotopic (exact) mass is 296 g/mol. The van der Waals surface area contributed by atoms with Crippen LogP contribution in [0.3, 0.4) is 0 Å². The van der Waals surface area contributed by atoms with Gasteiger partial charge in [-0.3, -0.25) is 0 Å². The number of nitrogens with one attached hydrogen (secondary N) is 2. The Kier molecular flexibility index (Phi) is 5.52. The highest BCUT2D eigenvalue weighted by Crippen LogP contribution is 2.27. The van der Waals surface area contributed by atoms with Gasteiger partial charge in [0.25, 0.3) is 0 Å². The van der Waals surface area contributed by atoms with Crippen LogP contribution in [0.15, 0.2) is 24.3 Å². The molecule has 1 aromatic rings. The van der Waals surface area contributed by atoms with Crippen LogP contribution in [0.1, 0.15) is 31.4 Å². The second-order valence-corrected chi connectivity index (χ2v) is 5.28. The Labute approximate surface area is 123 Å². The van der Waals surface area contributed by atoms with Crippen molar-refractivity contribution in [1.29, 1.82) is 0 Å². The first-order valence-corrected chi connectivity index (χ1v) is 7.15. The maximum absolute atomic E-state index is 13.0. The van der Waals surface area contributed by atoms with Crippen molar-refractivity contribution < 1.29 is 19.0 Å². The number of hydrogen-bond acceptors (Lipinski definition) is 3. The minimum Gasteiger partial charge on any atom is -0.394 e. The Morgan fingerprint density at radius 2 is 2.14 bits per heavy atom. The van der Waals surface area contributed by atoms with Gasteiger partial charge in [0.15, 0.2) is 0 Å². The van der Waals surface area contributed by atoms with E-state index < -0.39 is 0 Å². The molecule has 21 heavy (non-hydrogen) atoms. The average molecular weight is 296 g/mol. The first kappa shape index (κ1) is 15.7. The van der Waals surface area contributed by atoms with Gasteiger partial charge in [-0.25, -0.2) is 9.18 Å². The molecule has 1 heterocycles. The fourth-order valence-electron chi connectivity index (χ4n) is 2.38. The SMILES string of the molecule is C[C@H](CO)NC(=O)N[C@@H](c1ccc(F)cc1)[C@@H]1CCCO1. The van der Waals surface area contributed by atoms with Crippen molar-refractivity contribution in [1.82, 2.24) is 10.6 Å². The summed E-state index contributed by atoms with van der Waals surface area (Å²) in [7, 11) is 0. The number of rotatable bonds is 5. The Morgan fingerprint density at radius 3 is 2.71 bits per heavy atom. The van der Waals surface area contributed by atoms with Crippen molar-refractivity contribution in [3.63, 3.8) is 0 Å². The molecule has 3 N–H and O–H groups in total. The van der Waals surface area contributed by atoms with Gasteiger partial charge < -0.3 is 20.5 Å². The molecule has 1 fully saturated rings. The van der Waals surface area contributed by atoms with E-state index >= 15 is 0 Å². The Balaban J connectivity index is 2.08. The quantitative estimate of drug-likeness (QED) is 0.775. The molecule has 116 valence electrons. The maximum Gasteiger partial charge on any atom is 0.315 e. The summed E-state index contributed by atoms with van der Waals surface area (Å²) in [4.78, 5) is 12.0. The molecule has 0 bridgehead atoms. The van der Waals surface area contributed by atoms with Gasteiger partial charge in [-0.15, -0.1) is 0 Å². The summed E-state index contributed by atoms with van der Waals surface area (Å²) < 4.78 is 18.7. The fourth-order valence-corrected chi connectivity index (χ4v) is 2.38. The third-order valence-electron chi connectivity index (χ3n) is 3.50. The van der Waals surface area contributed by atoms with Crippen molar-refractivity contribution in [2.75, 3.05) is 13.2 Å². The second kappa shape index (κ2) is 7.38. The van der Waals surface area contributed by atoms with Gasteiger partial charge in [0, 0.05) is 6.61 Å². The lowest BCUT2D eigenvalue weighted by Crippen LogP contribution is -2.46. The van der Waals surface area contributed by atoms with Gasteiger partial charge in [-0.1, -0.05) is 12.1 Å². The predicted molar refractivity (Wildman–Crippen MR) is 76.3 cm³/mol. The molecule has 0 radical (unpaired) electrons. The molecule has 0 aromatic heterocycles. The minimum absolute atomic E-state index is 0.120. The number of hydrogen-bond donors (Lipinski definition) is 3. The van der Waals surface area contributed by atoms with Gasteiger partial charge >= 0.3 is 6.03 Å². The first-order chi connectivity index (χ1) is 10.1. The van der Waals surface area contributed by atoms with E-state index in [1.165, 1.54) is 12.1 Å². The highest BCUT2D eigenvalue weighted by atomic mass is 19.1. The average Bonchev–Trinajstić information content (AvgIpc) is 2.99. The lowest BCUT2D eigenvalue weighted by molar-refractivity contribution is 0.0804. The van der Waals surface area contributed by atoms with Crippen LogP contribution in [-0.4, -0.2) is 36.5 Å². The number of carbonyl (C=O) groups excluding carboxylic acids is 1. The van der Waals surface area contributed by atoms with Crippen molar-refractivity contribution in [2.45, 2.75) is 38.0 Å². The normalized spacial score (nSPS) is 20.8. The molecule has 0 aliphatic carbocycles. The van der Waals surface area contributed by atoms with E-state index in [2.05, 4.69) is 10.6 Å². The van der Waals surface area contributed by atoms with Gasteiger partial charge in [0.1, 0.15) is 5.82 Å². The van der Waals surface area contributed by atoms with Crippen LogP contribution in [0, 0.1) is 5.82 Å². The molecule has 0 saturated carbocycles. The van der Waals surface area contributed by atoms with Crippen LogP contribution in [0.25, 0.3) is 0 Å². The summed E-state index contributed by atoms with van der Waals surface area (Å²) in [6.45, 7) is 2.24. The van der Waals surface area contributed by atoms with Crippen LogP contribution >= 0.6 is 0 Å². The Bertz CT molecular complexity index is 460. The molecule has 1 aromatic carbocycles. The highest BCUT2D eigenvalue weighted by Gasteiger charge is 2.29. The zero-order chi connectivity index (χ0) is 15.2. The number of carbonyl (C=O) groups is 1. The minimum atomic E-state index is -0.374. The summed E-state index contributed by atoms with van der Waals surface area (Å²) in [6.07, 6.45) is 1.67. The van der Waals surface area contributed by atoms with Gasteiger partial charge in [0.05, 0.1) is 24.8 Å². The molecule has 1 aliphatic rings. The second-order valence-electron chi connectivity index (χ2n) is 5.28. The number of amides is 2. The summed E-state index contributed by atoms with van der Waals surface area (Å²) in [6, 6.07) is 5.00. The largest absolute Gasteiger partial charge is 0.394 e. The summed E-state index contributed by atoms with van der Waals surface area (Å²) in [5.74, 6) is -0.316. The molecular weight excluding hydrogens is 275 g/mol. The lowest BCUT2D eigenvalue weighted by Gasteiger charge is -2.25. The van der Waals surface area contributed by atoms with E-state index in [4.69, 9.17) is 9.84 Å². The van der Waals surface area contributed by atoms with Gasteiger partial charge in [0.2, 0.25) is 0 Å². The zero-order valence-electron chi connectivity index (χ0n) is 12.0. The summed E-state index contributed by atoms with van der Waals surface area (Å²) in [5, 5.41) is 14.5. The molecule has 2 rings (SSSR count). The number of benzene rings is 1. The van der Waals surface area contributed by atoms with Gasteiger partial charge in [-0.05, 0) is 37.5 Å². The van der Waals surface area contributed by atoms with Crippen LogP contribution in [0.5, 0.6) is 0 Å². The number of halogens is 1. The van der Waals surface area contributed by atoms with E-state index in [0.29, 0.717) is 6.61 Å². The van der Waals surface area contributed by atoms with Crippen molar-refractivity contribution in [3.05, 3.63) is 35.6 Å². The van der Waals surface area contributed by atoms with E-state index in [-0.39, 0.29) is 36.6 Å². The maximum atomic E-state index is 13.0. The topological polar surface area (TPSA) is 70.6 Å². The molecule has 0 spiro atoms. The van der Waals surface area contributed by atoms with Crippen molar-refractivity contribution >= 4 is 6.03 Å². The third kappa shape index (κ3) is 4.41. The Morgan fingerprint density at radius 1 is 1.43 bits per heavy atom. The molecule has 1 saturated heterocycles. The fraction of sp³-hybridized carbons (Fsp3) is 0.533. The molecule has 0 unspecified atom stereocenters. The van der Waals surface area contributed by atoms with E-state index in [0.717, 1.165) is 18.4 Å². The standard InChI is InChI=1S/C15H21FN2O3/c1-10(9-19)17-15(20)18-14(13-3-2-8-21-13)11-4-6-12(16)7-5-11/h4-7,10,13-14,19H,2-3,8-9H2,1H3,(H2,17,18,20)/t10-,13+,14+/m1/s1. The first-order valence-electron chi connectivity index (χ1n) is 7.15. The smallest absolute Gasteiger partial charge is 0.315 e. The number of urea groups is 1. The molecule has 6 heteroatoms.